The maximum Gasteiger partial charge on any atom is 0.199 e. The number of para-hydroxylation sites is 1. The minimum atomic E-state index is -0.367. The van der Waals surface area contributed by atoms with Crippen molar-refractivity contribution in [3.8, 4) is 0 Å². The third kappa shape index (κ3) is 3.11. The van der Waals surface area contributed by atoms with Crippen LogP contribution in [0.15, 0.2) is 53.7 Å². The van der Waals surface area contributed by atoms with Crippen LogP contribution in [0.25, 0.3) is 0 Å². The number of fused-ring (bicyclic) bond motifs is 2. The van der Waals surface area contributed by atoms with E-state index in [-0.39, 0.29) is 12.2 Å². The summed E-state index contributed by atoms with van der Waals surface area (Å²) in [5.74, 6) is 1.09. The Morgan fingerprint density at radius 2 is 2.00 bits per heavy atom. The van der Waals surface area contributed by atoms with Gasteiger partial charge in [-0.2, -0.15) is 10.1 Å². The normalized spacial score (nSPS) is 20.6. The third-order valence-electron chi connectivity index (χ3n) is 6.23. The van der Waals surface area contributed by atoms with Gasteiger partial charge in [-0.25, -0.2) is 0 Å². The number of aryl methyl sites for hydroxylation is 2. The van der Waals surface area contributed by atoms with Gasteiger partial charge in [-0.1, -0.05) is 42.0 Å². The number of guanidine groups is 1. The molecule has 3 heterocycles. The van der Waals surface area contributed by atoms with Crippen molar-refractivity contribution in [3.05, 3.63) is 76.5 Å². The zero-order valence-corrected chi connectivity index (χ0v) is 17.3. The van der Waals surface area contributed by atoms with Gasteiger partial charge in [0.15, 0.2) is 11.8 Å². The van der Waals surface area contributed by atoms with Crippen LogP contribution in [0.3, 0.4) is 0 Å². The SMILES string of the molecule is Cc1ccc(C)c(CN2CC(N3C(N)=Nc4[nH]ncc4C3N)Cc3ccccc32)c1. The first-order valence-electron chi connectivity index (χ1n) is 10.3. The molecule has 7 nitrogen and oxygen atoms in total. The van der Waals surface area contributed by atoms with E-state index >= 15 is 0 Å². The predicted molar refractivity (Wildman–Crippen MR) is 120 cm³/mol. The largest absolute Gasteiger partial charge is 0.369 e. The van der Waals surface area contributed by atoms with Crippen molar-refractivity contribution in [1.29, 1.82) is 0 Å². The number of nitrogens with zero attached hydrogens (tertiary/aromatic N) is 4. The predicted octanol–water partition coefficient (Wildman–Crippen LogP) is 2.88. The summed E-state index contributed by atoms with van der Waals surface area (Å²) in [5.41, 5.74) is 20.4. The molecule has 0 radical (unpaired) electrons. The number of aromatic amines is 1. The number of hydrogen-bond donors (Lipinski definition) is 3. The van der Waals surface area contributed by atoms with Gasteiger partial charge in [0.2, 0.25) is 0 Å². The summed E-state index contributed by atoms with van der Waals surface area (Å²) in [6, 6.07) is 15.4. The molecule has 2 aromatic carbocycles. The molecule has 0 bridgehead atoms. The summed E-state index contributed by atoms with van der Waals surface area (Å²) in [5, 5.41) is 6.96. The lowest BCUT2D eigenvalue weighted by atomic mass is 9.94. The Bertz CT molecular complexity index is 1120. The van der Waals surface area contributed by atoms with E-state index in [0.29, 0.717) is 11.8 Å². The van der Waals surface area contributed by atoms with E-state index in [2.05, 4.69) is 76.4 Å². The summed E-state index contributed by atoms with van der Waals surface area (Å²) in [4.78, 5) is 8.99. The standard InChI is InChI=1S/C23H27N7/c1-14-7-8-15(2)17(9-14)12-29-13-18(10-16-5-3-4-6-20(16)29)30-21(24)19-11-26-28-22(19)27-23(30)25/h3-9,11,18,21H,10,12-13,24H2,1-2H3,(H3,25,26,27,28). The molecular formula is C23H27N7. The lowest BCUT2D eigenvalue weighted by Gasteiger charge is -2.45. The highest BCUT2D eigenvalue weighted by molar-refractivity contribution is 5.84. The van der Waals surface area contributed by atoms with E-state index in [0.717, 1.165) is 25.1 Å². The molecular weight excluding hydrogens is 374 g/mol. The quantitative estimate of drug-likeness (QED) is 0.627. The van der Waals surface area contributed by atoms with Crippen molar-refractivity contribution in [1.82, 2.24) is 15.1 Å². The summed E-state index contributed by atoms with van der Waals surface area (Å²) in [6.45, 7) is 5.98. The number of aliphatic imine (C=N–C) groups is 1. The van der Waals surface area contributed by atoms with Crippen LogP contribution < -0.4 is 16.4 Å². The molecule has 2 atom stereocenters. The molecule has 0 saturated heterocycles. The van der Waals surface area contributed by atoms with Crippen molar-refractivity contribution in [2.24, 2.45) is 16.5 Å². The van der Waals surface area contributed by atoms with Gasteiger partial charge < -0.3 is 21.3 Å². The van der Waals surface area contributed by atoms with Crippen molar-refractivity contribution >= 4 is 17.5 Å². The van der Waals surface area contributed by atoms with Gasteiger partial charge in [0.05, 0.1) is 17.8 Å². The highest BCUT2D eigenvalue weighted by Gasteiger charge is 2.36. The monoisotopic (exact) mass is 401 g/mol. The van der Waals surface area contributed by atoms with Gasteiger partial charge in [0, 0.05) is 18.8 Å². The molecule has 0 amide bonds. The summed E-state index contributed by atoms with van der Waals surface area (Å²) >= 11 is 0. The highest BCUT2D eigenvalue weighted by atomic mass is 15.4. The Labute approximate surface area is 176 Å². The molecule has 1 aromatic heterocycles. The second kappa shape index (κ2) is 7.18. The first-order chi connectivity index (χ1) is 14.5. The van der Waals surface area contributed by atoms with Gasteiger partial charge >= 0.3 is 0 Å². The van der Waals surface area contributed by atoms with Crippen molar-refractivity contribution in [3.63, 3.8) is 0 Å². The van der Waals surface area contributed by atoms with Crippen LogP contribution in [-0.4, -0.2) is 33.6 Å². The number of nitrogens with two attached hydrogens (primary N) is 2. The first-order valence-corrected chi connectivity index (χ1v) is 10.3. The van der Waals surface area contributed by atoms with Gasteiger partial charge in [0.25, 0.3) is 0 Å². The van der Waals surface area contributed by atoms with E-state index in [1.807, 2.05) is 4.90 Å². The molecule has 5 rings (SSSR count). The zero-order valence-electron chi connectivity index (χ0n) is 17.3. The number of anilines is 1. The van der Waals surface area contributed by atoms with Crippen LogP contribution in [0.1, 0.15) is 34.0 Å². The fraction of sp³-hybridized carbons (Fsp3) is 0.304. The second-order valence-corrected chi connectivity index (χ2v) is 8.29. The third-order valence-corrected chi connectivity index (χ3v) is 6.23. The molecule has 7 heteroatoms. The van der Waals surface area contributed by atoms with Gasteiger partial charge in [0.1, 0.15) is 6.17 Å². The molecule has 2 unspecified atom stereocenters. The minimum absolute atomic E-state index is 0.117. The zero-order chi connectivity index (χ0) is 20.8. The van der Waals surface area contributed by atoms with Crippen LogP contribution >= 0.6 is 0 Å². The van der Waals surface area contributed by atoms with Crippen LogP contribution in [0.4, 0.5) is 11.5 Å². The Kier molecular flexibility index (Phi) is 4.47. The maximum absolute atomic E-state index is 6.60. The van der Waals surface area contributed by atoms with E-state index in [4.69, 9.17) is 11.5 Å². The average Bonchev–Trinajstić information content (AvgIpc) is 3.19. The highest BCUT2D eigenvalue weighted by Crippen LogP contribution is 2.35. The lowest BCUT2D eigenvalue weighted by molar-refractivity contribution is 0.229. The summed E-state index contributed by atoms with van der Waals surface area (Å²) < 4.78 is 0. The number of rotatable bonds is 3. The average molecular weight is 402 g/mol. The fourth-order valence-corrected chi connectivity index (χ4v) is 4.65. The Morgan fingerprint density at radius 3 is 2.87 bits per heavy atom. The van der Waals surface area contributed by atoms with Gasteiger partial charge in [-0.05, 0) is 43.0 Å². The smallest absolute Gasteiger partial charge is 0.199 e. The van der Waals surface area contributed by atoms with E-state index in [1.165, 1.54) is 27.9 Å². The van der Waals surface area contributed by atoms with E-state index < -0.39 is 0 Å². The molecule has 0 spiro atoms. The molecule has 2 aliphatic heterocycles. The topological polar surface area (TPSA) is 99.6 Å². The second-order valence-electron chi connectivity index (χ2n) is 8.29. The molecule has 154 valence electrons. The van der Waals surface area contributed by atoms with Crippen LogP contribution in [0.5, 0.6) is 0 Å². The van der Waals surface area contributed by atoms with E-state index in [9.17, 15) is 0 Å². The molecule has 30 heavy (non-hydrogen) atoms. The van der Waals surface area contributed by atoms with Crippen molar-refractivity contribution < 1.29 is 0 Å². The van der Waals surface area contributed by atoms with Crippen LogP contribution in [-0.2, 0) is 13.0 Å². The lowest BCUT2D eigenvalue weighted by Crippen LogP contribution is -2.56. The Hall–Kier alpha value is -3.32. The Balaban J connectivity index is 1.50. The van der Waals surface area contributed by atoms with Crippen LogP contribution in [0.2, 0.25) is 0 Å². The van der Waals surface area contributed by atoms with Gasteiger partial charge in [-0.15, -0.1) is 0 Å². The number of benzene rings is 2. The van der Waals surface area contributed by atoms with Crippen LogP contribution in [0, 0.1) is 13.8 Å². The molecule has 0 fully saturated rings. The number of nitrogens with one attached hydrogen (secondary N) is 1. The molecule has 5 N–H and O–H groups in total. The number of hydrogen-bond acceptors (Lipinski definition) is 6. The van der Waals surface area contributed by atoms with E-state index in [1.54, 1.807) is 6.20 Å². The molecule has 0 aliphatic carbocycles. The van der Waals surface area contributed by atoms with Crippen molar-refractivity contribution in [2.45, 2.75) is 39.0 Å². The summed E-state index contributed by atoms with van der Waals surface area (Å²) in [7, 11) is 0. The number of aromatic nitrogens is 2. The Morgan fingerprint density at radius 1 is 1.17 bits per heavy atom. The molecule has 0 saturated carbocycles. The number of H-pyrrole nitrogens is 1. The van der Waals surface area contributed by atoms with Gasteiger partial charge in [-0.3, -0.25) is 5.10 Å². The minimum Gasteiger partial charge on any atom is -0.369 e. The molecule has 2 aliphatic rings. The van der Waals surface area contributed by atoms with Crippen molar-refractivity contribution in [2.75, 3.05) is 11.4 Å². The molecule has 3 aromatic rings. The maximum atomic E-state index is 6.60. The first kappa shape index (κ1) is 18.7. The summed E-state index contributed by atoms with van der Waals surface area (Å²) in [6.07, 6.45) is 2.25. The fourth-order valence-electron chi connectivity index (χ4n) is 4.65.